The van der Waals surface area contributed by atoms with Crippen molar-refractivity contribution >= 4 is 15.9 Å². The first-order chi connectivity index (χ1) is 10.5. The molecule has 0 aliphatic rings. The Labute approximate surface area is 133 Å². The molecule has 2 N–H and O–H groups in total. The second-order valence-corrected chi connectivity index (χ2v) is 6.87. The van der Waals surface area contributed by atoms with Gasteiger partial charge in [-0.05, 0) is 37.5 Å². The van der Waals surface area contributed by atoms with E-state index in [1.807, 2.05) is 12.1 Å². The summed E-state index contributed by atoms with van der Waals surface area (Å²) in [6.07, 6.45) is 4.72. The Kier molecular flexibility index (Phi) is 8.12. The zero-order valence-corrected chi connectivity index (χ0v) is 14.2. The van der Waals surface area contributed by atoms with Crippen molar-refractivity contribution in [2.45, 2.75) is 50.8 Å². The van der Waals surface area contributed by atoms with Gasteiger partial charge in [0, 0.05) is 13.0 Å². The molecule has 0 heterocycles. The van der Waals surface area contributed by atoms with E-state index in [0.29, 0.717) is 6.61 Å². The summed E-state index contributed by atoms with van der Waals surface area (Å²) >= 11 is 0. The van der Waals surface area contributed by atoms with Crippen LogP contribution in [0.2, 0.25) is 0 Å². The lowest BCUT2D eigenvalue weighted by atomic mass is 10.1. The molecule has 1 aromatic carbocycles. The molecule has 0 aliphatic carbocycles. The van der Waals surface area contributed by atoms with Crippen LogP contribution in [0.4, 0.5) is 0 Å². The van der Waals surface area contributed by atoms with Crippen LogP contribution >= 0.6 is 0 Å². The van der Waals surface area contributed by atoms with Gasteiger partial charge in [-0.2, -0.15) is 0 Å². The Balaban J connectivity index is 2.52. The van der Waals surface area contributed by atoms with Crippen molar-refractivity contribution in [1.29, 1.82) is 5.41 Å². The van der Waals surface area contributed by atoms with E-state index in [1.165, 1.54) is 12.8 Å². The first-order valence-corrected chi connectivity index (χ1v) is 9.26. The summed E-state index contributed by atoms with van der Waals surface area (Å²) in [4.78, 5) is 0.259. The van der Waals surface area contributed by atoms with Gasteiger partial charge in [-0.3, -0.25) is 5.41 Å². The molecule has 0 aromatic heterocycles. The molecule has 1 aromatic rings. The molecular weight excluding hydrogens is 300 g/mol. The van der Waals surface area contributed by atoms with Gasteiger partial charge >= 0.3 is 0 Å². The summed E-state index contributed by atoms with van der Waals surface area (Å²) < 4.78 is 31.7. The standard InChI is InChI=1S/C16H26N2O3S/c1-3-5-6-7-14-8-10-15(11-9-14)22(19,20)18-13-12-16(17)21-4-2/h8-11,17-18H,3-7,12-13H2,1-2H3. The number of unbranched alkanes of at least 4 members (excludes halogenated alkanes) is 2. The molecule has 0 amide bonds. The fourth-order valence-corrected chi connectivity index (χ4v) is 3.07. The fourth-order valence-electron chi connectivity index (χ4n) is 2.04. The van der Waals surface area contributed by atoms with Gasteiger partial charge in [0.15, 0.2) is 5.90 Å². The molecule has 0 atom stereocenters. The highest BCUT2D eigenvalue weighted by Crippen LogP contribution is 2.13. The summed E-state index contributed by atoms with van der Waals surface area (Å²) in [5.41, 5.74) is 1.16. The van der Waals surface area contributed by atoms with E-state index >= 15 is 0 Å². The Hall–Kier alpha value is -1.40. The Bertz CT molecular complexity index is 553. The highest BCUT2D eigenvalue weighted by atomic mass is 32.2. The molecule has 1 rings (SSSR count). The van der Waals surface area contributed by atoms with Gasteiger partial charge in [0.05, 0.1) is 11.5 Å². The van der Waals surface area contributed by atoms with Gasteiger partial charge in [0.1, 0.15) is 0 Å². The van der Waals surface area contributed by atoms with Crippen molar-refractivity contribution in [3.63, 3.8) is 0 Å². The normalized spacial score (nSPS) is 11.4. The van der Waals surface area contributed by atoms with E-state index < -0.39 is 10.0 Å². The first kappa shape index (κ1) is 18.6. The average Bonchev–Trinajstić information content (AvgIpc) is 2.48. The largest absolute Gasteiger partial charge is 0.481 e. The predicted molar refractivity (Wildman–Crippen MR) is 88.8 cm³/mol. The van der Waals surface area contributed by atoms with Crippen LogP contribution in [0.1, 0.15) is 45.1 Å². The van der Waals surface area contributed by atoms with Gasteiger partial charge in [0.2, 0.25) is 10.0 Å². The summed E-state index contributed by atoms with van der Waals surface area (Å²) in [5.74, 6) is 0.0940. The number of benzene rings is 1. The zero-order chi connectivity index (χ0) is 16.4. The number of ether oxygens (including phenoxy) is 1. The van der Waals surface area contributed by atoms with Crippen molar-refractivity contribution in [1.82, 2.24) is 4.72 Å². The quantitative estimate of drug-likeness (QED) is 0.394. The summed E-state index contributed by atoms with van der Waals surface area (Å²) in [6, 6.07) is 7.01. The van der Waals surface area contributed by atoms with Gasteiger partial charge in [-0.1, -0.05) is 31.9 Å². The third kappa shape index (κ3) is 6.58. The molecule has 0 aliphatic heterocycles. The second-order valence-electron chi connectivity index (χ2n) is 5.11. The molecule has 5 nitrogen and oxygen atoms in total. The van der Waals surface area contributed by atoms with E-state index in [9.17, 15) is 8.42 Å². The number of nitrogens with one attached hydrogen (secondary N) is 2. The number of sulfonamides is 1. The molecule has 0 bridgehead atoms. The van der Waals surface area contributed by atoms with Crippen LogP contribution in [0.5, 0.6) is 0 Å². The van der Waals surface area contributed by atoms with E-state index in [-0.39, 0.29) is 23.8 Å². The molecule has 0 spiro atoms. The maximum Gasteiger partial charge on any atom is 0.240 e. The second kappa shape index (κ2) is 9.58. The van der Waals surface area contributed by atoms with E-state index in [0.717, 1.165) is 18.4 Å². The number of hydrogen-bond donors (Lipinski definition) is 2. The summed E-state index contributed by atoms with van der Waals surface area (Å²) in [5, 5.41) is 7.45. The van der Waals surface area contributed by atoms with Gasteiger partial charge in [0.25, 0.3) is 0 Å². The smallest absolute Gasteiger partial charge is 0.240 e. The lowest BCUT2D eigenvalue weighted by Crippen LogP contribution is -2.26. The lowest BCUT2D eigenvalue weighted by molar-refractivity contribution is 0.314. The van der Waals surface area contributed by atoms with Crippen LogP contribution in [-0.2, 0) is 21.2 Å². The maximum atomic E-state index is 12.1. The van der Waals surface area contributed by atoms with Crippen molar-refractivity contribution in [2.75, 3.05) is 13.2 Å². The van der Waals surface area contributed by atoms with Crippen LogP contribution in [0.3, 0.4) is 0 Å². The Morgan fingerprint density at radius 2 is 1.86 bits per heavy atom. The monoisotopic (exact) mass is 326 g/mol. The Morgan fingerprint density at radius 3 is 2.45 bits per heavy atom. The number of aryl methyl sites for hydroxylation is 1. The van der Waals surface area contributed by atoms with Gasteiger partial charge < -0.3 is 4.74 Å². The molecule has 0 saturated heterocycles. The van der Waals surface area contributed by atoms with Gasteiger partial charge in [-0.25, -0.2) is 13.1 Å². The zero-order valence-electron chi connectivity index (χ0n) is 13.4. The topological polar surface area (TPSA) is 79.3 Å². The predicted octanol–water partition coefficient (Wildman–Crippen LogP) is 3.10. The SMILES string of the molecule is CCCCCc1ccc(S(=O)(=O)NCCC(=N)OCC)cc1. The molecule has 0 saturated carbocycles. The molecular formula is C16H26N2O3S. The minimum atomic E-state index is -3.52. The first-order valence-electron chi connectivity index (χ1n) is 7.78. The molecule has 0 unspecified atom stereocenters. The van der Waals surface area contributed by atoms with Crippen LogP contribution in [0, 0.1) is 5.41 Å². The van der Waals surface area contributed by atoms with Crippen molar-refractivity contribution < 1.29 is 13.2 Å². The third-order valence-electron chi connectivity index (χ3n) is 3.27. The highest BCUT2D eigenvalue weighted by molar-refractivity contribution is 7.89. The summed E-state index contributed by atoms with van der Waals surface area (Å²) in [7, 11) is -3.52. The van der Waals surface area contributed by atoms with E-state index in [1.54, 1.807) is 19.1 Å². The van der Waals surface area contributed by atoms with E-state index in [4.69, 9.17) is 10.1 Å². The Morgan fingerprint density at radius 1 is 1.18 bits per heavy atom. The molecule has 22 heavy (non-hydrogen) atoms. The number of hydrogen-bond acceptors (Lipinski definition) is 4. The molecule has 0 radical (unpaired) electrons. The average molecular weight is 326 g/mol. The molecule has 124 valence electrons. The van der Waals surface area contributed by atoms with Crippen LogP contribution in [0.15, 0.2) is 29.2 Å². The summed E-state index contributed by atoms with van der Waals surface area (Å²) in [6.45, 7) is 4.54. The minimum Gasteiger partial charge on any atom is -0.481 e. The van der Waals surface area contributed by atoms with Gasteiger partial charge in [-0.15, -0.1) is 0 Å². The minimum absolute atomic E-state index is 0.0940. The van der Waals surface area contributed by atoms with E-state index in [2.05, 4.69) is 11.6 Å². The van der Waals surface area contributed by atoms with Crippen molar-refractivity contribution in [3.05, 3.63) is 29.8 Å². The van der Waals surface area contributed by atoms with Crippen molar-refractivity contribution in [2.24, 2.45) is 0 Å². The highest BCUT2D eigenvalue weighted by Gasteiger charge is 2.13. The van der Waals surface area contributed by atoms with Crippen LogP contribution in [0.25, 0.3) is 0 Å². The molecule has 6 heteroatoms. The lowest BCUT2D eigenvalue weighted by Gasteiger charge is -2.08. The van der Waals surface area contributed by atoms with Crippen LogP contribution < -0.4 is 4.72 Å². The third-order valence-corrected chi connectivity index (χ3v) is 4.74. The van der Waals surface area contributed by atoms with Crippen molar-refractivity contribution in [3.8, 4) is 0 Å². The maximum absolute atomic E-state index is 12.1. The fraction of sp³-hybridized carbons (Fsp3) is 0.562. The van der Waals surface area contributed by atoms with Crippen LogP contribution in [-0.4, -0.2) is 27.5 Å². The number of rotatable bonds is 10. The molecule has 0 fully saturated rings.